The summed E-state index contributed by atoms with van der Waals surface area (Å²) in [5.41, 5.74) is 2.25. The molecule has 0 unspecified atom stereocenters. The minimum atomic E-state index is -0.111. The van der Waals surface area contributed by atoms with Crippen LogP contribution in [0.15, 0.2) is 54.7 Å². The lowest BCUT2D eigenvalue weighted by Gasteiger charge is -2.12. The van der Waals surface area contributed by atoms with E-state index < -0.39 is 0 Å². The summed E-state index contributed by atoms with van der Waals surface area (Å²) in [5, 5.41) is 9.07. The fraction of sp³-hybridized carbons (Fsp3) is 0.150. The molecule has 1 heterocycles. The van der Waals surface area contributed by atoms with E-state index in [0.29, 0.717) is 29.0 Å². The van der Waals surface area contributed by atoms with E-state index in [4.69, 9.17) is 9.47 Å². The number of nitrogens with zero attached hydrogens (tertiary/aromatic N) is 2. The summed E-state index contributed by atoms with van der Waals surface area (Å²) in [6.07, 6.45) is 1.65. The Morgan fingerprint density at radius 3 is 2.36 bits per heavy atom. The molecular weight excluding hydrogens is 358 g/mol. The summed E-state index contributed by atoms with van der Waals surface area (Å²) < 4.78 is 10.6. The van der Waals surface area contributed by atoms with E-state index in [1.165, 1.54) is 6.92 Å². The second kappa shape index (κ2) is 8.72. The number of benzene rings is 2. The molecule has 0 aliphatic rings. The van der Waals surface area contributed by atoms with Crippen molar-refractivity contribution in [2.24, 2.45) is 0 Å². The van der Waals surface area contributed by atoms with Crippen LogP contribution in [-0.4, -0.2) is 30.1 Å². The predicted octanol–water partition coefficient (Wildman–Crippen LogP) is 3.94. The lowest BCUT2D eigenvalue weighted by Crippen LogP contribution is -2.05. The van der Waals surface area contributed by atoms with Crippen LogP contribution >= 0.6 is 0 Å². The van der Waals surface area contributed by atoms with Crippen molar-refractivity contribution in [1.82, 2.24) is 9.97 Å². The van der Waals surface area contributed by atoms with Crippen molar-refractivity contribution >= 4 is 34.7 Å². The number of nitrogens with one attached hydrogen (secondary N) is 3. The fourth-order valence-electron chi connectivity index (χ4n) is 2.51. The molecule has 2 aromatic carbocycles. The van der Waals surface area contributed by atoms with Crippen LogP contribution in [0.25, 0.3) is 0 Å². The zero-order valence-corrected chi connectivity index (χ0v) is 15.8. The average molecular weight is 379 g/mol. The summed E-state index contributed by atoms with van der Waals surface area (Å²) in [7, 11) is 3.19. The standard InChI is InChI=1S/C20H21N5O3/c1-13(26)22-14-4-6-15(7-5-14)23-19-10-11-21-20(25-19)24-17-12-16(27-2)8-9-18(17)28-3/h4-12H,1-3H3,(H,22,26)(H2,21,23,24,25). The maximum atomic E-state index is 11.1. The lowest BCUT2D eigenvalue weighted by molar-refractivity contribution is -0.114. The minimum absolute atomic E-state index is 0.111. The van der Waals surface area contributed by atoms with E-state index in [9.17, 15) is 4.79 Å². The Morgan fingerprint density at radius 1 is 0.929 bits per heavy atom. The second-order valence-corrected chi connectivity index (χ2v) is 5.84. The zero-order chi connectivity index (χ0) is 19.9. The molecule has 8 nitrogen and oxygen atoms in total. The maximum Gasteiger partial charge on any atom is 0.229 e. The van der Waals surface area contributed by atoms with Crippen molar-refractivity contribution in [2.75, 3.05) is 30.2 Å². The van der Waals surface area contributed by atoms with Gasteiger partial charge in [-0.3, -0.25) is 4.79 Å². The molecule has 0 saturated carbocycles. The summed E-state index contributed by atoms with van der Waals surface area (Å²) in [5.74, 6) is 2.26. The minimum Gasteiger partial charge on any atom is -0.497 e. The molecule has 1 amide bonds. The molecule has 0 bridgehead atoms. The highest BCUT2D eigenvalue weighted by atomic mass is 16.5. The van der Waals surface area contributed by atoms with Crippen molar-refractivity contribution in [1.29, 1.82) is 0 Å². The number of hydrogen-bond donors (Lipinski definition) is 3. The quantitative estimate of drug-likeness (QED) is 0.572. The Morgan fingerprint density at radius 2 is 1.68 bits per heavy atom. The van der Waals surface area contributed by atoms with E-state index in [1.807, 2.05) is 36.4 Å². The first-order chi connectivity index (χ1) is 13.6. The molecule has 0 spiro atoms. The summed E-state index contributed by atoms with van der Waals surface area (Å²) in [6, 6.07) is 14.5. The van der Waals surface area contributed by atoms with Gasteiger partial charge in [0.25, 0.3) is 0 Å². The van der Waals surface area contributed by atoms with Crippen LogP contribution in [0.2, 0.25) is 0 Å². The molecule has 0 atom stereocenters. The predicted molar refractivity (Wildman–Crippen MR) is 109 cm³/mol. The summed E-state index contributed by atoms with van der Waals surface area (Å²) >= 11 is 0. The number of methoxy groups -OCH3 is 2. The van der Waals surface area contributed by atoms with Gasteiger partial charge in [-0.15, -0.1) is 0 Å². The van der Waals surface area contributed by atoms with Gasteiger partial charge in [0.05, 0.1) is 19.9 Å². The van der Waals surface area contributed by atoms with Gasteiger partial charge in [0.15, 0.2) is 0 Å². The molecule has 0 radical (unpaired) electrons. The largest absolute Gasteiger partial charge is 0.497 e. The van der Waals surface area contributed by atoms with Crippen molar-refractivity contribution < 1.29 is 14.3 Å². The first kappa shape index (κ1) is 19.0. The molecular formula is C20H21N5O3. The maximum absolute atomic E-state index is 11.1. The Balaban J connectivity index is 1.75. The third kappa shape index (κ3) is 4.88. The topological polar surface area (TPSA) is 97.4 Å². The Hall–Kier alpha value is -3.81. The van der Waals surface area contributed by atoms with E-state index >= 15 is 0 Å². The van der Waals surface area contributed by atoms with Gasteiger partial charge in [0, 0.05) is 30.6 Å². The molecule has 0 fully saturated rings. The number of carbonyl (C=O) groups is 1. The Kier molecular flexibility index (Phi) is 5.91. The smallest absolute Gasteiger partial charge is 0.229 e. The van der Waals surface area contributed by atoms with Crippen LogP contribution in [0.5, 0.6) is 11.5 Å². The highest BCUT2D eigenvalue weighted by Crippen LogP contribution is 2.30. The molecule has 3 aromatic rings. The van der Waals surface area contributed by atoms with Gasteiger partial charge < -0.3 is 25.4 Å². The van der Waals surface area contributed by atoms with Crippen molar-refractivity contribution in [3.8, 4) is 11.5 Å². The second-order valence-electron chi connectivity index (χ2n) is 5.84. The summed E-state index contributed by atoms with van der Waals surface area (Å²) in [4.78, 5) is 19.8. The number of amides is 1. The highest BCUT2D eigenvalue weighted by Gasteiger charge is 2.08. The van der Waals surface area contributed by atoms with Crippen molar-refractivity contribution in [3.05, 3.63) is 54.7 Å². The van der Waals surface area contributed by atoms with Gasteiger partial charge in [-0.25, -0.2) is 4.98 Å². The molecule has 0 aliphatic heterocycles. The number of anilines is 5. The van der Waals surface area contributed by atoms with Crippen LogP contribution in [0, 0.1) is 0 Å². The van der Waals surface area contributed by atoms with Crippen molar-refractivity contribution in [3.63, 3.8) is 0 Å². The third-order valence-corrected chi connectivity index (χ3v) is 3.79. The van der Waals surface area contributed by atoms with Gasteiger partial charge in [-0.2, -0.15) is 4.98 Å². The lowest BCUT2D eigenvalue weighted by atomic mass is 10.2. The van der Waals surface area contributed by atoms with Gasteiger partial charge in [-0.1, -0.05) is 0 Å². The molecule has 8 heteroatoms. The molecule has 3 N–H and O–H groups in total. The van der Waals surface area contributed by atoms with Crippen LogP contribution in [0.1, 0.15) is 6.92 Å². The molecule has 0 saturated heterocycles. The van der Waals surface area contributed by atoms with Crippen LogP contribution in [0.4, 0.5) is 28.8 Å². The van der Waals surface area contributed by atoms with Crippen LogP contribution in [0.3, 0.4) is 0 Å². The average Bonchev–Trinajstić information content (AvgIpc) is 2.69. The highest BCUT2D eigenvalue weighted by molar-refractivity contribution is 5.88. The van der Waals surface area contributed by atoms with E-state index in [2.05, 4.69) is 25.9 Å². The van der Waals surface area contributed by atoms with E-state index in [1.54, 1.807) is 32.5 Å². The number of rotatable bonds is 7. The third-order valence-electron chi connectivity index (χ3n) is 3.79. The number of aromatic nitrogens is 2. The van der Waals surface area contributed by atoms with Gasteiger partial charge >= 0.3 is 0 Å². The Bertz CT molecular complexity index is 960. The van der Waals surface area contributed by atoms with Crippen LogP contribution < -0.4 is 25.4 Å². The normalized spacial score (nSPS) is 10.1. The fourth-order valence-corrected chi connectivity index (χ4v) is 2.51. The molecule has 1 aromatic heterocycles. The van der Waals surface area contributed by atoms with E-state index in [-0.39, 0.29) is 5.91 Å². The molecule has 0 aliphatic carbocycles. The van der Waals surface area contributed by atoms with Gasteiger partial charge in [0.1, 0.15) is 17.3 Å². The molecule has 28 heavy (non-hydrogen) atoms. The summed E-state index contributed by atoms with van der Waals surface area (Å²) in [6.45, 7) is 1.47. The first-order valence-corrected chi connectivity index (χ1v) is 8.54. The molecule has 3 rings (SSSR count). The van der Waals surface area contributed by atoms with Gasteiger partial charge in [0.2, 0.25) is 11.9 Å². The SMILES string of the molecule is COc1ccc(OC)c(Nc2nccc(Nc3ccc(NC(C)=O)cc3)n2)c1. The van der Waals surface area contributed by atoms with E-state index in [0.717, 1.165) is 11.4 Å². The van der Waals surface area contributed by atoms with Crippen molar-refractivity contribution in [2.45, 2.75) is 6.92 Å². The first-order valence-electron chi connectivity index (χ1n) is 8.54. The molecule has 144 valence electrons. The Labute approximate surface area is 162 Å². The van der Waals surface area contributed by atoms with Crippen LogP contribution in [-0.2, 0) is 4.79 Å². The number of carbonyl (C=O) groups excluding carboxylic acids is 1. The monoisotopic (exact) mass is 379 g/mol. The zero-order valence-electron chi connectivity index (χ0n) is 15.8. The van der Waals surface area contributed by atoms with Gasteiger partial charge in [-0.05, 0) is 42.5 Å². The number of ether oxygens (including phenoxy) is 2. The number of hydrogen-bond acceptors (Lipinski definition) is 7.